The molecule has 1 N–H and O–H groups in total. The summed E-state index contributed by atoms with van der Waals surface area (Å²) in [4.78, 5) is 0. The van der Waals surface area contributed by atoms with Crippen molar-refractivity contribution in [3.8, 4) is 5.75 Å². The molecular weight excluding hydrogens is 222 g/mol. The first-order valence-corrected chi connectivity index (χ1v) is 6.93. The molecule has 0 aliphatic heterocycles. The molecule has 2 nitrogen and oxygen atoms in total. The fraction of sp³-hybridized carbons (Fsp3) is 0.625. The lowest BCUT2D eigenvalue weighted by Gasteiger charge is -2.31. The fourth-order valence-electron chi connectivity index (χ4n) is 2.93. The van der Waals surface area contributed by atoms with Gasteiger partial charge in [-0.1, -0.05) is 32.4 Å². The lowest BCUT2D eigenvalue weighted by atomic mass is 9.86. The maximum Gasteiger partial charge on any atom is 0.118 e. The Bertz CT molecular complexity index is 383. The predicted octanol–water partition coefficient (Wildman–Crippen LogP) is 3.92. The van der Waals surface area contributed by atoms with E-state index in [9.17, 15) is 0 Å². The van der Waals surface area contributed by atoms with E-state index < -0.39 is 0 Å². The minimum absolute atomic E-state index is 0.401. The van der Waals surface area contributed by atoms with Crippen LogP contribution in [0.5, 0.6) is 5.75 Å². The van der Waals surface area contributed by atoms with Crippen molar-refractivity contribution in [2.45, 2.75) is 52.1 Å². The number of hydrogen-bond acceptors (Lipinski definition) is 2. The van der Waals surface area contributed by atoms with Crippen molar-refractivity contribution in [2.75, 3.05) is 7.11 Å². The summed E-state index contributed by atoms with van der Waals surface area (Å²) in [5, 5.41) is 3.78. The van der Waals surface area contributed by atoms with Gasteiger partial charge in [0, 0.05) is 12.1 Å². The minimum atomic E-state index is 0.401. The van der Waals surface area contributed by atoms with Gasteiger partial charge in [0.25, 0.3) is 0 Å². The molecule has 18 heavy (non-hydrogen) atoms. The van der Waals surface area contributed by atoms with E-state index in [1.54, 1.807) is 7.11 Å². The second kappa shape index (κ2) is 5.31. The van der Waals surface area contributed by atoms with E-state index >= 15 is 0 Å². The van der Waals surface area contributed by atoms with Crippen LogP contribution in [0.3, 0.4) is 0 Å². The van der Waals surface area contributed by atoms with Gasteiger partial charge >= 0.3 is 0 Å². The average molecular weight is 247 g/mol. The van der Waals surface area contributed by atoms with Crippen molar-refractivity contribution >= 4 is 0 Å². The van der Waals surface area contributed by atoms with Crippen LogP contribution in [0.2, 0.25) is 0 Å². The van der Waals surface area contributed by atoms with Gasteiger partial charge in [0.05, 0.1) is 7.11 Å². The molecule has 0 saturated heterocycles. The summed E-state index contributed by atoms with van der Waals surface area (Å²) in [5.41, 5.74) is 1.76. The molecule has 0 radical (unpaired) electrons. The number of nitrogens with one attached hydrogen (secondary N) is 1. The number of benzene rings is 1. The standard InChI is InChI=1S/C16H25NO/c1-12(13-7-9-14(18-4)10-8-13)17-15-6-5-11-16(15,2)3/h7-10,12,15,17H,5-6,11H2,1-4H3. The van der Waals surface area contributed by atoms with Crippen LogP contribution in [0.4, 0.5) is 0 Å². The lowest BCUT2D eigenvalue weighted by molar-refractivity contribution is 0.266. The van der Waals surface area contributed by atoms with Gasteiger partial charge in [0.1, 0.15) is 5.75 Å². The molecule has 1 saturated carbocycles. The summed E-state index contributed by atoms with van der Waals surface area (Å²) in [5.74, 6) is 0.923. The van der Waals surface area contributed by atoms with Gasteiger partial charge in [-0.2, -0.15) is 0 Å². The van der Waals surface area contributed by atoms with Gasteiger partial charge in [-0.25, -0.2) is 0 Å². The summed E-state index contributed by atoms with van der Waals surface area (Å²) in [6.07, 6.45) is 3.98. The van der Waals surface area contributed by atoms with Gasteiger partial charge < -0.3 is 10.1 Å². The van der Waals surface area contributed by atoms with Crippen molar-refractivity contribution in [1.29, 1.82) is 0 Å². The fourth-order valence-corrected chi connectivity index (χ4v) is 2.93. The van der Waals surface area contributed by atoms with Gasteiger partial charge in [-0.15, -0.1) is 0 Å². The normalized spacial score (nSPS) is 23.9. The van der Waals surface area contributed by atoms with E-state index in [0.717, 1.165) is 5.75 Å². The highest BCUT2D eigenvalue weighted by Gasteiger charge is 2.34. The Morgan fingerprint density at radius 2 is 1.94 bits per heavy atom. The molecule has 100 valence electrons. The Balaban J connectivity index is 2.00. The number of ether oxygens (including phenoxy) is 1. The molecule has 2 unspecified atom stereocenters. The first kappa shape index (κ1) is 13.4. The van der Waals surface area contributed by atoms with E-state index in [1.807, 2.05) is 12.1 Å². The topological polar surface area (TPSA) is 21.3 Å². The number of methoxy groups -OCH3 is 1. The first-order valence-electron chi connectivity index (χ1n) is 6.93. The van der Waals surface area contributed by atoms with E-state index in [-0.39, 0.29) is 0 Å². The molecule has 1 aliphatic rings. The van der Waals surface area contributed by atoms with Crippen LogP contribution in [0, 0.1) is 5.41 Å². The zero-order chi connectivity index (χ0) is 13.2. The van der Waals surface area contributed by atoms with Crippen LogP contribution < -0.4 is 10.1 Å². The average Bonchev–Trinajstić information content (AvgIpc) is 2.69. The molecule has 2 atom stereocenters. The summed E-state index contributed by atoms with van der Waals surface area (Å²) >= 11 is 0. The molecular formula is C16H25NO. The van der Waals surface area contributed by atoms with E-state index in [1.165, 1.54) is 24.8 Å². The Kier molecular flexibility index (Phi) is 3.96. The second-order valence-electron chi connectivity index (χ2n) is 6.09. The smallest absolute Gasteiger partial charge is 0.118 e. The molecule has 1 aromatic carbocycles. The molecule has 0 aromatic heterocycles. The molecule has 2 rings (SSSR count). The zero-order valence-electron chi connectivity index (χ0n) is 12.0. The first-order chi connectivity index (χ1) is 8.53. The summed E-state index contributed by atoms with van der Waals surface area (Å²) in [6.45, 7) is 6.99. The predicted molar refractivity (Wildman–Crippen MR) is 76.0 cm³/mol. The van der Waals surface area contributed by atoms with E-state index in [0.29, 0.717) is 17.5 Å². The largest absolute Gasteiger partial charge is 0.497 e. The third-order valence-corrected chi connectivity index (χ3v) is 4.32. The third kappa shape index (κ3) is 2.86. The Hall–Kier alpha value is -1.02. The molecule has 0 bridgehead atoms. The van der Waals surface area contributed by atoms with Gasteiger partial charge in [0.15, 0.2) is 0 Å². The highest BCUT2D eigenvalue weighted by molar-refractivity contribution is 5.28. The van der Waals surface area contributed by atoms with Crippen LogP contribution >= 0.6 is 0 Å². The molecule has 1 aromatic rings. The van der Waals surface area contributed by atoms with Crippen LogP contribution in [-0.4, -0.2) is 13.2 Å². The Morgan fingerprint density at radius 3 is 2.44 bits per heavy atom. The highest BCUT2D eigenvalue weighted by atomic mass is 16.5. The van der Waals surface area contributed by atoms with Crippen molar-refractivity contribution in [3.63, 3.8) is 0 Å². The molecule has 0 heterocycles. The van der Waals surface area contributed by atoms with Crippen LogP contribution in [0.1, 0.15) is 51.6 Å². The van der Waals surface area contributed by atoms with Crippen molar-refractivity contribution in [2.24, 2.45) is 5.41 Å². The maximum absolute atomic E-state index is 5.20. The second-order valence-corrected chi connectivity index (χ2v) is 6.09. The lowest BCUT2D eigenvalue weighted by Crippen LogP contribution is -2.39. The molecule has 0 spiro atoms. The summed E-state index contributed by atoms with van der Waals surface area (Å²) in [7, 11) is 1.71. The van der Waals surface area contributed by atoms with Crippen molar-refractivity contribution in [1.82, 2.24) is 5.32 Å². The summed E-state index contributed by atoms with van der Waals surface area (Å²) < 4.78 is 5.20. The molecule has 1 fully saturated rings. The van der Waals surface area contributed by atoms with Crippen molar-refractivity contribution in [3.05, 3.63) is 29.8 Å². The Labute approximate surface area is 111 Å². The van der Waals surface area contributed by atoms with Crippen molar-refractivity contribution < 1.29 is 4.74 Å². The molecule has 2 heteroatoms. The molecule has 0 amide bonds. The number of rotatable bonds is 4. The van der Waals surface area contributed by atoms with Gasteiger partial charge in [0.2, 0.25) is 0 Å². The summed E-state index contributed by atoms with van der Waals surface area (Å²) in [6, 6.07) is 9.41. The van der Waals surface area contributed by atoms with Gasteiger partial charge in [-0.05, 0) is 42.9 Å². The van der Waals surface area contributed by atoms with E-state index in [4.69, 9.17) is 4.74 Å². The highest BCUT2D eigenvalue weighted by Crippen LogP contribution is 2.38. The monoisotopic (exact) mass is 247 g/mol. The Morgan fingerprint density at radius 1 is 1.28 bits per heavy atom. The van der Waals surface area contributed by atoms with Crippen LogP contribution in [0.25, 0.3) is 0 Å². The minimum Gasteiger partial charge on any atom is -0.497 e. The maximum atomic E-state index is 5.20. The third-order valence-electron chi connectivity index (χ3n) is 4.32. The van der Waals surface area contributed by atoms with E-state index in [2.05, 4.69) is 38.2 Å². The molecule has 1 aliphatic carbocycles. The van der Waals surface area contributed by atoms with Crippen LogP contribution in [0.15, 0.2) is 24.3 Å². The zero-order valence-corrected chi connectivity index (χ0v) is 12.0. The van der Waals surface area contributed by atoms with Gasteiger partial charge in [-0.3, -0.25) is 0 Å². The quantitative estimate of drug-likeness (QED) is 0.870. The SMILES string of the molecule is COc1ccc(C(C)NC2CCCC2(C)C)cc1. The van der Waals surface area contributed by atoms with Crippen LogP contribution in [-0.2, 0) is 0 Å². The number of hydrogen-bond donors (Lipinski definition) is 1.